The Labute approximate surface area is 552 Å². The molecule has 476 valence electrons. The van der Waals surface area contributed by atoms with Crippen molar-refractivity contribution in [2.45, 2.75) is 46.5 Å². The minimum Gasteiger partial charge on any atom is -0.478 e. The van der Waals surface area contributed by atoms with Crippen molar-refractivity contribution in [2.24, 2.45) is 0 Å². The van der Waals surface area contributed by atoms with Crippen LogP contribution in [0.2, 0.25) is 0 Å². The first kappa shape index (κ1) is 68.9. The molecule has 0 aromatic heterocycles. The molecule has 0 atom stereocenters. The number of anilines is 4. The summed E-state index contributed by atoms with van der Waals surface area (Å²) in [6.07, 6.45) is 8.59. The zero-order chi connectivity index (χ0) is 67.5. The Morgan fingerprint density at radius 1 is 0.337 bits per heavy atom. The largest absolute Gasteiger partial charge is 0.478 e. The number of rotatable bonds is 18. The van der Waals surface area contributed by atoms with Crippen molar-refractivity contribution in [1.29, 1.82) is 0 Å². The molecule has 5 N–H and O–H groups in total. The van der Waals surface area contributed by atoms with E-state index in [-0.39, 0.29) is 52.3 Å². The normalized spacial score (nSPS) is 10.4. The lowest BCUT2D eigenvalue weighted by atomic mass is 10.0. The Morgan fingerprint density at radius 3 is 1.01 bits per heavy atom. The number of aryl methyl sites for hydroxylation is 7. The maximum atomic E-state index is 13.0. The lowest BCUT2D eigenvalue weighted by molar-refractivity contribution is 0.0697. The highest BCUT2D eigenvalue weighted by molar-refractivity contribution is 6.08. The van der Waals surface area contributed by atoms with Gasteiger partial charge >= 0.3 is 5.97 Å². The summed E-state index contributed by atoms with van der Waals surface area (Å²) in [6, 6.07) is 77.9. The molecule has 0 saturated carbocycles. The van der Waals surface area contributed by atoms with E-state index >= 15 is 0 Å². The second-order valence-corrected chi connectivity index (χ2v) is 22.1. The molecule has 0 fully saturated rings. The highest BCUT2D eigenvalue weighted by Gasteiger charge is 2.16. The van der Waals surface area contributed by atoms with Gasteiger partial charge in [0.2, 0.25) is 0 Å². The fraction of sp³-hybridized carbons (Fsp3) is 0.0854. The molecule has 11 aromatic carbocycles. The number of carbonyl (C=O) groups is 5. The summed E-state index contributed by atoms with van der Waals surface area (Å²) < 4.78 is 38.9. The van der Waals surface area contributed by atoms with E-state index in [9.17, 15) is 42.3 Å². The van der Waals surface area contributed by atoms with Gasteiger partial charge in [0.25, 0.3) is 23.6 Å². The molecule has 0 aliphatic rings. The fourth-order valence-corrected chi connectivity index (χ4v) is 9.56. The van der Waals surface area contributed by atoms with Gasteiger partial charge in [-0.1, -0.05) is 176 Å². The number of benzene rings is 11. The first-order chi connectivity index (χ1) is 46.0. The summed E-state index contributed by atoms with van der Waals surface area (Å²) in [5.41, 5.74) is 15.1. The lowest BCUT2D eigenvalue weighted by Gasteiger charge is -2.11. The van der Waals surface area contributed by atoms with Crippen molar-refractivity contribution < 1.29 is 42.3 Å². The topological polar surface area (TPSA) is 154 Å². The Kier molecular flexibility index (Phi) is 25.4. The van der Waals surface area contributed by atoms with Gasteiger partial charge in [0.05, 0.1) is 11.3 Å². The lowest BCUT2D eigenvalue weighted by Crippen LogP contribution is -2.15. The van der Waals surface area contributed by atoms with Crippen LogP contribution in [-0.2, 0) is 25.7 Å². The third-order valence-corrected chi connectivity index (χ3v) is 15.1. The van der Waals surface area contributed by atoms with E-state index in [1.165, 1.54) is 42.5 Å². The highest BCUT2D eigenvalue weighted by atomic mass is 19.1. The summed E-state index contributed by atoms with van der Waals surface area (Å²) in [5.74, 6) is -2.57. The smallest absolute Gasteiger partial charge is 0.337 e. The molecule has 0 bridgehead atoms. The average molecular weight is 1270 g/mol. The summed E-state index contributed by atoms with van der Waals surface area (Å²) in [5, 5.41) is 20.9. The number of carbonyl (C=O) groups excluding carboxylic acids is 4. The Bertz CT molecular complexity index is 4420. The van der Waals surface area contributed by atoms with Crippen molar-refractivity contribution in [3.8, 4) is 0 Å². The molecule has 95 heavy (non-hydrogen) atoms. The quantitative estimate of drug-likeness (QED) is 0.0539. The Morgan fingerprint density at radius 2 is 0.621 bits per heavy atom. The van der Waals surface area contributed by atoms with Gasteiger partial charge in [-0.2, -0.15) is 0 Å². The van der Waals surface area contributed by atoms with Crippen LogP contribution in [0.25, 0.3) is 18.2 Å². The van der Waals surface area contributed by atoms with Crippen molar-refractivity contribution in [2.75, 3.05) is 21.3 Å². The molecule has 11 aromatic rings. The molecule has 0 heterocycles. The first-order valence-electron chi connectivity index (χ1n) is 30.6. The van der Waals surface area contributed by atoms with E-state index in [0.29, 0.717) is 35.1 Å². The van der Waals surface area contributed by atoms with Crippen LogP contribution in [0, 0.1) is 38.2 Å². The molecule has 4 amide bonds. The molecule has 0 aliphatic heterocycles. The molecule has 0 spiro atoms. The van der Waals surface area contributed by atoms with Gasteiger partial charge in [0, 0.05) is 39.3 Å². The summed E-state index contributed by atoms with van der Waals surface area (Å²) >= 11 is 0. The van der Waals surface area contributed by atoms with Gasteiger partial charge in [0.1, 0.15) is 17.5 Å². The first-order valence-corrected chi connectivity index (χ1v) is 30.6. The van der Waals surface area contributed by atoms with Crippen LogP contribution in [0.3, 0.4) is 0 Å². The van der Waals surface area contributed by atoms with Gasteiger partial charge < -0.3 is 26.4 Å². The number of hydrogen-bond donors (Lipinski definition) is 5. The van der Waals surface area contributed by atoms with E-state index in [0.717, 1.165) is 85.5 Å². The number of hydrogen-bond acceptors (Lipinski definition) is 5. The van der Waals surface area contributed by atoms with E-state index in [2.05, 4.69) is 33.9 Å². The van der Waals surface area contributed by atoms with E-state index in [4.69, 9.17) is 0 Å². The maximum Gasteiger partial charge on any atom is 0.337 e. The molecule has 0 radical (unpaired) electrons. The van der Waals surface area contributed by atoms with Gasteiger partial charge in [0.15, 0.2) is 0 Å². The van der Waals surface area contributed by atoms with Crippen LogP contribution in [-0.4, -0.2) is 34.7 Å². The average Bonchev–Trinajstić information content (AvgIpc) is 1.13. The van der Waals surface area contributed by atoms with E-state index in [1.807, 2.05) is 148 Å². The van der Waals surface area contributed by atoms with E-state index in [1.54, 1.807) is 109 Å². The molecule has 0 saturated heterocycles. The van der Waals surface area contributed by atoms with E-state index < -0.39 is 5.97 Å². The molecule has 0 aliphatic carbocycles. The summed E-state index contributed by atoms with van der Waals surface area (Å²) in [4.78, 5) is 60.5. The van der Waals surface area contributed by atoms with Crippen LogP contribution in [0.15, 0.2) is 273 Å². The minimum atomic E-state index is -1.11. The standard InChI is InChI=1S/C22H18FNO3.C22H20FNO.C22H18FNO.C16H15NO/c23-18-11-8-15(9-12-18)6-7-16-10-13-19(22(26)27)20(14-16)24-21(25)17-4-2-1-3-5-17;2*1-16-7-8-18(10-9-17-11-13-20(23)14-12-17)15-21(16)24-22(25)19-5-3-2-4-6-19;1-3-13-10-9-12(2)15(11-13)17-16(18)14-7-5-4-6-8-14/h1-5,8-14H,6-7H2,(H,24,25)(H,26,27);2-8,11-15H,9-10H2,1H3,(H,24,25);2-15H,1H3,(H,24,25);3-11H,1H2,2H3,(H,17,18)/b;;10-9+;. The maximum absolute atomic E-state index is 13.0. The number of aromatic carboxylic acids is 1. The number of carboxylic acids is 1. The predicted molar refractivity (Wildman–Crippen MR) is 378 cm³/mol. The summed E-state index contributed by atoms with van der Waals surface area (Å²) in [6.45, 7) is 9.62. The monoisotopic (exact) mass is 1260 g/mol. The predicted octanol–water partition coefficient (Wildman–Crippen LogP) is 19.2. The number of nitrogens with one attached hydrogen (secondary N) is 4. The molecule has 13 heteroatoms. The Balaban J connectivity index is 0.000000164. The fourth-order valence-electron chi connectivity index (χ4n) is 9.56. The Hall–Kier alpha value is -12.0. The highest BCUT2D eigenvalue weighted by Crippen LogP contribution is 2.25. The number of carboxylic acid groups (broad SMARTS) is 1. The summed E-state index contributed by atoms with van der Waals surface area (Å²) in [7, 11) is 0. The molecular formula is C82H71F3N4O6. The molecular weight excluding hydrogens is 1190 g/mol. The van der Waals surface area contributed by atoms with Gasteiger partial charge in [-0.25, -0.2) is 18.0 Å². The molecule has 0 unspecified atom stereocenters. The minimum absolute atomic E-state index is 0.0322. The van der Waals surface area contributed by atoms with Crippen molar-refractivity contribution in [3.05, 3.63) is 374 Å². The van der Waals surface area contributed by atoms with Crippen molar-refractivity contribution >= 4 is 70.6 Å². The number of amides is 4. The number of halogens is 3. The van der Waals surface area contributed by atoms with Crippen LogP contribution in [0.5, 0.6) is 0 Å². The van der Waals surface area contributed by atoms with Gasteiger partial charge in [-0.15, -0.1) is 0 Å². The van der Waals surface area contributed by atoms with Crippen molar-refractivity contribution in [1.82, 2.24) is 0 Å². The van der Waals surface area contributed by atoms with Crippen LogP contribution in [0.4, 0.5) is 35.9 Å². The second-order valence-electron chi connectivity index (χ2n) is 22.1. The van der Waals surface area contributed by atoms with Crippen LogP contribution >= 0.6 is 0 Å². The SMILES string of the molecule is C=Cc1ccc(C)c(NC(=O)c2ccccc2)c1.Cc1ccc(/C=C/c2ccc(F)cc2)cc1NC(=O)c1ccccc1.Cc1ccc(CCc2ccc(F)cc2)cc1NC(=O)c1ccccc1.O=C(Nc1cc(CCc2ccc(F)cc2)ccc1C(=O)O)c1ccccc1. The van der Waals surface area contributed by atoms with Crippen LogP contribution < -0.4 is 21.3 Å². The van der Waals surface area contributed by atoms with Crippen molar-refractivity contribution in [3.63, 3.8) is 0 Å². The molecule has 11 rings (SSSR count). The van der Waals surface area contributed by atoms with Gasteiger partial charge in [-0.05, 0) is 217 Å². The third kappa shape index (κ3) is 21.9. The zero-order valence-electron chi connectivity index (χ0n) is 52.8. The third-order valence-electron chi connectivity index (χ3n) is 15.1. The van der Waals surface area contributed by atoms with Crippen LogP contribution in [0.1, 0.15) is 107 Å². The van der Waals surface area contributed by atoms with Gasteiger partial charge in [-0.3, -0.25) is 19.2 Å². The zero-order valence-corrected chi connectivity index (χ0v) is 52.8. The second kappa shape index (κ2) is 35.0. The molecule has 10 nitrogen and oxygen atoms in total.